The summed E-state index contributed by atoms with van der Waals surface area (Å²) < 4.78 is 0. The number of allylic oxidation sites excluding steroid dienone is 6. The molecule has 0 N–H and O–H groups in total. The molecule has 0 heterocycles. The van der Waals surface area contributed by atoms with Gasteiger partial charge in [-0.15, -0.1) is 0 Å². The van der Waals surface area contributed by atoms with Crippen molar-refractivity contribution >= 4 is 45.3 Å². The third kappa shape index (κ3) is 10.7. The molecule has 0 bridgehead atoms. The first-order valence-electron chi connectivity index (χ1n) is 25.8. The molecule has 0 aromatic heterocycles. The molecule has 11 rings (SSSR count). The van der Waals surface area contributed by atoms with Gasteiger partial charge >= 0.3 is 0 Å². The molecule has 0 aliphatic heterocycles. The van der Waals surface area contributed by atoms with E-state index in [1.807, 2.05) is 25.1 Å². The molecule has 0 amide bonds. The first kappa shape index (κ1) is 49.3. The zero-order valence-electron chi connectivity index (χ0n) is 43.4. The monoisotopic (exact) mass is 966 g/mol. The van der Waals surface area contributed by atoms with E-state index in [0.29, 0.717) is 0 Å². The van der Waals surface area contributed by atoms with Crippen LogP contribution in [0.4, 0.5) is 34.1 Å². The Balaban J connectivity index is 0.000000171. The minimum atomic E-state index is -0.0470. The summed E-state index contributed by atoms with van der Waals surface area (Å²) in [6, 6.07) is 91.2. The summed E-state index contributed by atoms with van der Waals surface area (Å²) in [7, 11) is 0. The highest BCUT2D eigenvalue weighted by molar-refractivity contribution is 5.87. The number of fused-ring (bicyclic) bond motifs is 3. The molecule has 2 heteroatoms. The first-order chi connectivity index (χ1) is 36.7. The largest absolute Gasteiger partial charge is 0.311 e. The summed E-state index contributed by atoms with van der Waals surface area (Å²) in [6.07, 6.45) is 8.03. The van der Waals surface area contributed by atoms with Gasteiger partial charge in [-0.25, -0.2) is 0 Å². The van der Waals surface area contributed by atoms with Gasteiger partial charge in [0.25, 0.3) is 0 Å². The number of para-hydroxylation sites is 1. The maximum atomic E-state index is 4.12. The van der Waals surface area contributed by atoms with Crippen molar-refractivity contribution in [3.8, 4) is 44.5 Å². The standard InChI is InChI=1S/C37H31N.C36H31N/c1-3-11-29(12-4-2)33-21-25-36(26-22-33)38(35-15-9-6-10-16-35)37-27-23-34(24-28-37)32-19-17-31(18-20-32)30-13-7-5-8-14-30;1-25(2)26-14-18-29(19-15-26)37(30-20-16-28(17-21-30)27-10-6-5-7-11-27)31-22-23-33-32-12-8-9-13-34(32)36(3,4)35(33)24-31/h3-28H,1H2,2H3;5-24H,1H2,2-4H3/b12-4-,29-11+;. The molecule has 0 fully saturated rings. The zero-order chi connectivity index (χ0) is 51.7. The zero-order valence-corrected chi connectivity index (χ0v) is 43.4. The molecular formula is C73H62N2. The number of nitrogens with zero attached hydrogens (tertiary/aromatic N) is 2. The molecule has 10 aromatic rings. The molecule has 2 nitrogen and oxygen atoms in total. The molecule has 10 aromatic carbocycles. The third-order valence-electron chi connectivity index (χ3n) is 14.2. The van der Waals surface area contributed by atoms with Crippen LogP contribution in [0, 0.1) is 0 Å². The van der Waals surface area contributed by atoms with E-state index in [-0.39, 0.29) is 5.41 Å². The smallest absolute Gasteiger partial charge is 0.0465 e. The van der Waals surface area contributed by atoms with Crippen molar-refractivity contribution < 1.29 is 0 Å². The van der Waals surface area contributed by atoms with Gasteiger partial charge in [0.1, 0.15) is 0 Å². The lowest BCUT2D eigenvalue weighted by molar-refractivity contribution is 0.660. The summed E-state index contributed by atoms with van der Waals surface area (Å²) >= 11 is 0. The number of rotatable bonds is 13. The van der Waals surface area contributed by atoms with Crippen LogP contribution in [0.25, 0.3) is 55.7 Å². The SMILES string of the molecule is C=C(C)c1ccc(N(c2ccc(-c3ccccc3)cc2)c2ccc3c(c2)C(C)(C)c2ccccc2-3)cc1.C=C/C=C(\C=C/C)c1ccc(N(c2ccccc2)c2ccc(-c3ccc(-c4ccccc4)cc3)cc2)cc1. The van der Waals surface area contributed by atoms with Gasteiger partial charge in [-0.3, -0.25) is 0 Å². The summed E-state index contributed by atoms with van der Waals surface area (Å²) in [4.78, 5) is 4.65. The van der Waals surface area contributed by atoms with Crippen LogP contribution in [0.1, 0.15) is 49.9 Å². The molecule has 1 aliphatic rings. The van der Waals surface area contributed by atoms with Crippen molar-refractivity contribution in [3.63, 3.8) is 0 Å². The molecule has 0 atom stereocenters. The van der Waals surface area contributed by atoms with Crippen molar-refractivity contribution in [2.45, 2.75) is 33.1 Å². The number of hydrogen-bond donors (Lipinski definition) is 0. The van der Waals surface area contributed by atoms with Gasteiger partial charge < -0.3 is 9.80 Å². The number of anilines is 6. The van der Waals surface area contributed by atoms with Crippen LogP contribution in [0.3, 0.4) is 0 Å². The van der Waals surface area contributed by atoms with Crippen LogP contribution in [-0.4, -0.2) is 0 Å². The Labute approximate surface area is 444 Å². The van der Waals surface area contributed by atoms with Gasteiger partial charge in [0.05, 0.1) is 0 Å². The molecule has 75 heavy (non-hydrogen) atoms. The van der Waals surface area contributed by atoms with Crippen LogP contribution in [0.15, 0.2) is 292 Å². The number of hydrogen-bond acceptors (Lipinski definition) is 2. The van der Waals surface area contributed by atoms with E-state index < -0.39 is 0 Å². The fourth-order valence-electron chi connectivity index (χ4n) is 10.3. The van der Waals surface area contributed by atoms with Gasteiger partial charge in [0.2, 0.25) is 0 Å². The van der Waals surface area contributed by atoms with Crippen molar-refractivity contribution in [1.82, 2.24) is 0 Å². The minimum Gasteiger partial charge on any atom is -0.311 e. The van der Waals surface area contributed by atoms with Crippen molar-refractivity contribution in [3.05, 3.63) is 315 Å². The summed E-state index contributed by atoms with van der Waals surface area (Å²) in [5, 5.41) is 0. The topological polar surface area (TPSA) is 6.48 Å². The van der Waals surface area contributed by atoms with Gasteiger partial charge in [-0.2, -0.15) is 0 Å². The van der Waals surface area contributed by atoms with Crippen LogP contribution >= 0.6 is 0 Å². The lowest BCUT2D eigenvalue weighted by Crippen LogP contribution is -2.16. The van der Waals surface area contributed by atoms with Crippen molar-refractivity contribution in [2.75, 3.05) is 9.80 Å². The molecular weight excluding hydrogens is 905 g/mol. The summed E-state index contributed by atoms with van der Waals surface area (Å²) in [6.45, 7) is 16.7. The Hall–Kier alpha value is -9.24. The molecule has 0 saturated carbocycles. The van der Waals surface area contributed by atoms with E-state index in [9.17, 15) is 0 Å². The maximum absolute atomic E-state index is 4.12. The predicted molar refractivity (Wildman–Crippen MR) is 324 cm³/mol. The average Bonchev–Trinajstić information content (AvgIpc) is 3.69. The molecule has 0 unspecified atom stereocenters. The maximum Gasteiger partial charge on any atom is 0.0465 e. The Morgan fingerprint density at radius 1 is 0.387 bits per heavy atom. The lowest BCUT2D eigenvalue weighted by Gasteiger charge is -2.28. The average molecular weight is 967 g/mol. The van der Waals surface area contributed by atoms with Crippen LogP contribution in [0.5, 0.6) is 0 Å². The Morgan fingerprint density at radius 3 is 1.21 bits per heavy atom. The van der Waals surface area contributed by atoms with E-state index in [1.54, 1.807) is 0 Å². The molecule has 364 valence electrons. The van der Waals surface area contributed by atoms with Crippen LogP contribution < -0.4 is 9.80 Å². The van der Waals surface area contributed by atoms with Gasteiger partial charge in [0.15, 0.2) is 0 Å². The van der Waals surface area contributed by atoms with E-state index in [2.05, 4.69) is 305 Å². The van der Waals surface area contributed by atoms with E-state index in [0.717, 1.165) is 56.4 Å². The highest BCUT2D eigenvalue weighted by Crippen LogP contribution is 2.51. The lowest BCUT2D eigenvalue weighted by atomic mass is 9.82. The van der Waals surface area contributed by atoms with Gasteiger partial charge in [-0.05, 0) is 159 Å². The second-order valence-electron chi connectivity index (χ2n) is 19.5. The van der Waals surface area contributed by atoms with Gasteiger partial charge in [0, 0.05) is 39.5 Å². The molecule has 0 spiro atoms. The fraction of sp³-hybridized carbons (Fsp3) is 0.0685. The Morgan fingerprint density at radius 2 is 0.747 bits per heavy atom. The van der Waals surface area contributed by atoms with Gasteiger partial charge in [-0.1, -0.05) is 239 Å². The predicted octanol–water partition coefficient (Wildman–Crippen LogP) is 20.8. The van der Waals surface area contributed by atoms with E-state index in [1.165, 1.54) is 55.6 Å². The quantitative estimate of drug-likeness (QED) is 0.106. The highest BCUT2D eigenvalue weighted by Gasteiger charge is 2.35. The minimum absolute atomic E-state index is 0.0470. The van der Waals surface area contributed by atoms with Crippen molar-refractivity contribution in [2.24, 2.45) is 0 Å². The van der Waals surface area contributed by atoms with Crippen LogP contribution in [-0.2, 0) is 5.41 Å². The Bertz CT molecular complexity index is 3600. The second-order valence-corrected chi connectivity index (χ2v) is 19.5. The first-order valence-corrected chi connectivity index (χ1v) is 25.8. The van der Waals surface area contributed by atoms with Crippen LogP contribution in [0.2, 0.25) is 0 Å². The van der Waals surface area contributed by atoms with Crippen molar-refractivity contribution in [1.29, 1.82) is 0 Å². The summed E-state index contributed by atoms with van der Waals surface area (Å²) in [5.41, 5.74) is 24.0. The normalized spacial score (nSPS) is 12.2. The number of benzene rings is 10. The molecule has 0 radical (unpaired) electrons. The fourth-order valence-corrected chi connectivity index (χ4v) is 10.3. The van der Waals surface area contributed by atoms with E-state index in [4.69, 9.17) is 0 Å². The third-order valence-corrected chi connectivity index (χ3v) is 14.2. The second kappa shape index (κ2) is 22.3. The van der Waals surface area contributed by atoms with E-state index >= 15 is 0 Å². The molecule has 0 saturated heterocycles. The summed E-state index contributed by atoms with van der Waals surface area (Å²) in [5.74, 6) is 0. The Kier molecular flexibility index (Phi) is 14.6. The highest BCUT2D eigenvalue weighted by atomic mass is 15.1. The molecule has 1 aliphatic carbocycles.